The number of carbonyl (C=O) groups excluding carboxylic acids is 1. The van der Waals surface area contributed by atoms with E-state index in [0.29, 0.717) is 11.4 Å². The highest BCUT2D eigenvalue weighted by molar-refractivity contribution is 5.98. The van der Waals surface area contributed by atoms with Crippen LogP contribution in [0.3, 0.4) is 0 Å². The Balaban J connectivity index is 2.30. The molecular weight excluding hydrogens is 302 g/mol. The lowest BCUT2D eigenvalue weighted by molar-refractivity contribution is 0.0442. The predicted octanol–water partition coefficient (Wildman–Crippen LogP) is 2.55. The van der Waals surface area contributed by atoms with E-state index in [1.807, 2.05) is 4.90 Å². The SMILES string of the molecule is CCCCN(C(=O)c1cnn(C)c1N)C1CC(C)(C)NC(C)(C)C1. The van der Waals surface area contributed by atoms with Crippen molar-refractivity contribution in [1.82, 2.24) is 20.0 Å². The Hall–Kier alpha value is -1.56. The van der Waals surface area contributed by atoms with Crippen molar-refractivity contribution in [1.29, 1.82) is 0 Å². The van der Waals surface area contributed by atoms with Crippen LogP contribution in [0.4, 0.5) is 5.82 Å². The zero-order valence-electron chi connectivity index (χ0n) is 16.0. The first-order valence-electron chi connectivity index (χ1n) is 8.94. The molecule has 3 N–H and O–H groups in total. The van der Waals surface area contributed by atoms with E-state index in [0.717, 1.165) is 32.2 Å². The van der Waals surface area contributed by atoms with Gasteiger partial charge >= 0.3 is 0 Å². The first kappa shape index (κ1) is 18.8. The highest BCUT2D eigenvalue weighted by atomic mass is 16.2. The number of rotatable bonds is 5. The van der Waals surface area contributed by atoms with Crippen molar-refractivity contribution in [3.8, 4) is 0 Å². The molecule has 6 nitrogen and oxygen atoms in total. The number of anilines is 1. The molecule has 2 heterocycles. The van der Waals surface area contributed by atoms with Crippen LogP contribution < -0.4 is 11.1 Å². The number of nitrogens with two attached hydrogens (primary N) is 1. The summed E-state index contributed by atoms with van der Waals surface area (Å²) >= 11 is 0. The fourth-order valence-electron chi connectivity index (χ4n) is 4.03. The smallest absolute Gasteiger partial charge is 0.259 e. The van der Waals surface area contributed by atoms with Crippen molar-refractivity contribution >= 4 is 11.7 Å². The molecule has 1 saturated heterocycles. The molecule has 1 amide bonds. The normalized spacial score (nSPS) is 20.1. The van der Waals surface area contributed by atoms with Gasteiger partial charge in [-0.1, -0.05) is 13.3 Å². The van der Waals surface area contributed by atoms with Gasteiger partial charge < -0.3 is 16.0 Å². The molecule has 1 aromatic heterocycles. The summed E-state index contributed by atoms with van der Waals surface area (Å²) in [6.45, 7) is 11.8. The minimum absolute atomic E-state index is 0.00234. The zero-order chi connectivity index (χ0) is 18.1. The van der Waals surface area contributed by atoms with Crippen LogP contribution in [0.25, 0.3) is 0 Å². The van der Waals surface area contributed by atoms with Gasteiger partial charge in [0.25, 0.3) is 5.91 Å². The summed E-state index contributed by atoms with van der Waals surface area (Å²) in [4.78, 5) is 15.2. The van der Waals surface area contributed by atoms with Gasteiger partial charge in [0.2, 0.25) is 0 Å². The van der Waals surface area contributed by atoms with Crippen LogP contribution in [0, 0.1) is 0 Å². The lowest BCUT2D eigenvalue weighted by Gasteiger charge is -2.49. The average Bonchev–Trinajstić information content (AvgIpc) is 2.76. The quantitative estimate of drug-likeness (QED) is 0.867. The second-order valence-electron chi connectivity index (χ2n) is 8.37. The fraction of sp³-hybridized carbons (Fsp3) is 0.778. The second-order valence-corrected chi connectivity index (χ2v) is 8.37. The van der Waals surface area contributed by atoms with E-state index in [4.69, 9.17) is 5.73 Å². The monoisotopic (exact) mass is 335 g/mol. The maximum atomic E-state index is 13.2. The van der Waals surface area contributed by atoms with Crippen molar-refractivity contribution in [3.63, 3.8) is 0 Å². The highest BCUT2D eigenvalue weighted by Gasteiger charge is 2.41. The molecule has 1 aromatic rings. The van der Waals surface area contributed by atoms with Crippen molar-refractivity contribution in [2.45, 2.75) is 77.4 Å². The number of carbonyl (C=O) groups is 1. The number of hydrogen-bond donors (Lipinski definition) is 2. The molecule has 0 aliphatic carbocycles. The van der Waals surface area contributed by atoms with Crippen molar-refractivity contribution in [2.24, 2.45) is 7.05 Å². The number of nitrogens with zero attached hydrogens (tertiary/aromatic N) is 3. The molecule has 0 spiro atoms. The van der Waals surface area contributed by atoms with Gasteiger partial charge in [0, 0.05) is 30.7 Å². The van der Waals surface area contributed by atoms with Gasteiger partial charge in [-0.25, -0.2) is 0 Å². The van der Waals surface area contributed by atoms with E-state index in [9.17, 15) is 4.79 Å². The van der Waals surface area contributed by atoms with Crippen LogP contribution in [0.2, 0.25) is 0 Å². The number of nitrogen functional groups attached to an aromatic ring is 1. The van der Waals surface area contributed by atoms with Gasteiger partial charge in [0.05, 0.1) is 6.20 Å². The number of unbranched alkanes of at least 4 members (excludes halogenated alkanes) is 1. The lowest BCUT2D eigenvalue weighted by Crippen LogP contribution is -2.62. The Labute approximate surface area is 145 Å². The number of piperidine rings is 1. The highest BCUT2D eigenvalue weighted by Crippen LogP contribution is 2.32. The molecule has 2 rings (SSSR count). The third-order valence-electron chi connectivity index (χ3n) is 4.84. The van der Waals surface area contributed by atoms with E-state index in [1.165, 1.54) is 0 Å². The summed E-state index contributed by atoms with van der Waals surface area (Å²) in [6.07, 6.45) is 5.52. The van der Waals surface area contributed by atoms with Crippen molar-refractivity contribution < 1.29 is 4.79 Å². The fourth-order valence-corrected chi connectivity index (χ4v) is 4.03. The van der Waals surface area contributed by atoms with Gasteiger partial charge in [-0.3, -0.25) is 9.48 Å². The number of aryl methyl sites for hydroxylation is 1. The molecule has 136 valence electrons. The summed E-state index contributed by atoms with van der Waals surface area (Å²) in [6, 6.07) is 0.204. The summed E-state index contributed by atoms with van der Waals surface area (Å²) in [5.41, 5.74) is 6.56. The van der Waals surface area contributed by atoms with Crippen LogP contribution in [0.1, 0.15) is 70.7 Å². The second kappa shape index (κ2) is 6.75. The summed E-state index contributed by atoms with van der Waals surface area (Å²) in [5, 5.41) is 7.82. The number of nitrogens with one attached hydrogen (secondary N) is 1. The molecule has 0 aromatic carbocycles. The van der Waals surface area contributed by atoms with Gasteiger partial charge in [0.15, 0.2) is 0 Å². The van der Waals surface area contributed by atoms with E-state index < -0.39 is 0 Å². The molecule has 0 atom stereocenters. The van der Waals surface area contributed by atoms with Crippen molar-refractivity contribution in [2.75, 3.05) is 12.3 Å². The molecule has 1 aliphatic rings. The molecule has 6 heteroatoms. The van der Waals surface area contributed by atoms with Crippen molar-refractivity contribution in [3.05, 3.63) is 11.8 Å². The predicted molar refractivity (Wildman–Crippen MR) is 97.9 cm³/mol. The molecule has 0 unspecified atom stereocenters. The van der Waals surface area contributed by atoms with E-state index in [2.05, 4.69) is 45.0 Å². The summed E-state index contributed by atoms with van der Waals surface area (Å²) < 4.78 is 1.56. The average molecular weight is 335 g/mol. The van der Waals surface area contributed by atoms with Gasteiger partial charge in [-0.2, -0.15) is 5.10 Å². The van der Waals surface area contributed by atoms with Gasteiger partial charge in [-0.15, -0.1) is 0 Å². The van der Waals surface area contributed by atoms with E-state index in [1.54, 1.807) is 17.9 Å². The zero-order valence-corrected chi connectivity index (χ0v) is 16.0. The molecule has 1 aliphatic heterocycles. The Morgan fingerprint density at radius 3 is 2.42 bits per heavy atom. The topological polar surface area (TPSA) is 76.2 Å². The first-order valence-corrected chi connectivity index (χ1v) is 8.94. The number of amides is 1. The number of aromatic nitrogens is 2. The van der Waals surface area contributed by atoms with Crippen LogP contribution in [0.5, 0.6) is 0 Å². The van der Waals surface area contributed by atoms with Crippen LogP contribution in [0.15, 0.2) is 6.20 Å². The van der Waals surface area contributed by atoms with Gasteiger partial charge in [-0.05, 0) is 47.0 Å². The lowest BCUT2D eigenvalue weighted by atomic mass is 9.79. The molecule has 1 fully saturated rings. The number of hydrogen-bond acceptors (Lipinski definition) is 4. The van der Waals surface area contributed by atoms with Gasteiger partial charge in [0.1, 0.15) is 11.4 Å². The molecule has 24 heavy (non-hydrogen) atoms. The first-order chi connectivity index (χ1) is 11.1. The minimum Gasteiger partial charge on any atom is -0.383 e. The standard InChI is InChI=1S/C18H33N5O/c1-7-8-9-23(16(24)14-12-20-22(6)15(14)19)13-10-17(2,3)21-18(4,5)11-13/h12-13,21H,7-11,19H2,1-6H3. The van der Waals surface area contributed by atoms with E-state index >= 15 is 0 Å². The third-order valence-corrected chi connectivity index (χ3v) is 4.84. The Kier molecular flexibility index (Phi) is 5.28. The Morgan fingerprint density at radius 1 is 1.38 bits per heavy atom. The van der Waals surface area contributed by atoms with Crippen LogP contribution in [-0.4, -0.2) is 44.3 Å². The molecule has 0 bridgehead atoms. The summed E-state index contributed by atoms with van der Waals surface area (Å²) in [7, 11) is 1.76. The third kappa shape index (κ3) is 4.09. The van der Waals surface area contributed by atoms with E-state index in [-0.39, 0.29) is 23.0 Å². The van der Waals surface area contributed by atoms with Crippen LogP contribution >= 0.6 is 0 Å². The Bertz CT molecular complexity index is 574. The maximum absolute atomic E-state index is 13.2. The molecule has 0 saturated carbocycles. The minimum atomic E-state index is -0.00234. The Morgan fingerprint density at radius 2 is 1.96 bits per heavy atom. The maximum Gasteiger partial charge on any atom is 0.259 e. The summed E-state index contributed by atoms with van der Waals surface area (Å²) in [5.74, 6) is 0.446. The molecular formula is C18H33N5O. The largest absolute Gasteiger partial charge is 0.383 e. The van der Waals surface area contributed by atoms with Crippen LogP contribution in [-0.2, 0) is 7.05 Å². The molecule has 0 radical (unpaired) electrons.